The molecule has 2 aromatic rings. The Balaban J connectivity index is 1.74. The lowest BCUT2D eigenvalue weighted by molar-refractivity contribution is -0.129. The molecule has 0 radical (unpaired) electrons. The average molecular weight is 480 g/mol. The summed E-state index contributed by atoms with van der Waals surface area (Å²) in [5, 5.41) is 12.9. The number of carbonyl (C=O) groups is 3. The number of nitrogens with one attached hydrogen (secondary N) is 1. The lowest BCUT2D eigenvalue weighted by Gasteiger charge is -2.27. The molecule has 34 heavy (non-hydrogen) atoms. The summed E-state index contributed by atoms with van der Waals surface area (Å²) >= 11 is 1.58. The van der Waals surface area contributed by atoms with Gasteiger partial charge in [-0.25, -0.2) is 4.98 Å². The minimum Gasteiger partial charge on any atom is -0.353 e. The molecule has 1 N–H and O–H groups in total. The number of nitrogens with zero attached hydrogens (tertiary/aromatic N) is 2. The molecule has 2 atom stereocenters. The quantitative estimate of drug-likeness (QED) is 0.337. The Labute approximate surface area is 205 Å². The molecule has 0 aliphatic heterocycles. The number of hydrogen-bond acceptors (Lipinski definition) is 6. The fourth-order valence-corrected chi connectivity index (χ4v) is 5.84. The zero-order chi connectivity index (χ0) is 24.7. The second kappa shape index (κ2) is 12.0. The highest BCUT2D eigenvalue weighted by Crippen LogP contribution is 2.31. The van der Waals surface area contributed by atoms with Crippen LogP contribution in [0.15, 0.2) is 30.4 Å². The van der Waals surface area contributed by atoms with Gasteiger partial charge in [0.25, 0.3) is 0 Å². The number of amides is 1. The van der Waals surface area contributed by atoms with Gasteiger partial charge >= 0.3 is 0 Å². The van der Waals surface area contributed by atoms with Crippen LogP contribution >= 0.6 is 11.3 Å². The normalized spacial score (nSPS) is 15.6. The van der Waals surface area contributed by atoms with E-state index < -0.39 is 5.92 Å². The van der Waals surface area contributed by atoms with Gasteiger partial charge in [-0.05, 0) is 56.2 Å². The van der Waals surface area contributed by atoms with Crippen molar-refractivity contribution < 1.29 is 14.4 Å². The fourth-order valence-electron chi connectivity index (χ4n) is 4.73. The van der Waals surface area contributed by atoms with E-state index in [1.165, 1.54) is 12.5 Å². The molecular weight excluding hydrogens is 446 g/mol. The molecule has 0 saturated heterocycles. The van der Waals surface area contributed by atoms with E-state index in [0.29, 0.717) is 18.8 Å². The number of Topliss-reactive ketones (excluding diaryl/α,β-unsaturated/α-hetero) is 2. The Morgan fingerprint density at radius 3 is 2.68 bits per heavy atom. The van der Waals surface area contributed by atoms with Crippen LogP contribution < -0.4 is 5.32 Å². The van der Waals surface area contributed by atoms with Gasteiger partial charge in [0, 0.05) is 25.3 Å². The van der Waals surface area contributed by atoms with Crippen LogP contribution in [-0.2, 0) is 27.2 Å². The standard InChI is InChI=1S/C27H33N3O3S/c1-4-19-9-10-23-25(14-19)34-26(29-23)15-21(13-18(3)31)27(33)30-22(20-7-5-6-8-20)11-12-24(32)17(2)16-28/h9-10,14,20-22H,2,4-8,11-13,15H2,1,3H3,(H,30,33)/t21-,22+/m0/s1. The summed E-state index contributed by atoms with van der Waals surface area (Å²) in [5.74, 6) is -0.669. The van der Waals surface area contributed by atoms with Gasteiger partial charge in [0.05, 0.1) is 26.7 Å². The Bertz CT molecular complexity index is 1110. The summed E-state index contributed by atoms with van der Waals surface area (Å²) < 4.78 is 1.09. The lowest BCUT2D eigenvalue weighted by Crippen LogP contribution is -2.43. The van der Waals surface area contributed by atoms with Crippen molar-refractivity contribution in [2.75, 3.05) is 0 Å². The van der Waals surface area contributed by atoms with Gasteiger partial charge < -0.3 is 10.1 Å². The molecule has 7 heteroatoms. The number of carbonyl (C=O) groups excluding carboxylic acids is 3. The Morgan fingerprint density at radius 2 is 2.03 bits per heavy atom. The Hall–Kier alpha value is -2.85. The van der Waals surface area contributed by atoms with Crippen molar-refractivity contribution in [2.45, 2.75) is 77.7 Å². The summed E-state index contributed by atoms with van der Waals surface area (Å²) in [6.45, 7) is 7.12. The number of thiazole rings is 1. The van der Waals surface area contributed by atoms with Crippen molar-refractivity contribution >= 4 is 39.0 Å². The van der Waals surface area contributed by atoms with E-state index in [9.17, 15) is 14.4 Å². The number of benzene rings is 1. The molecule has 1 aromatic heterocycles. The number of hydrogen-bond donors (Lipinski definition) is 1. The van der Waals surface area contributed by atoms with Gasteiger partial charge in [-0.1, -0.05) is 32.4 Å². The van der Waals surface area contributed by atoms with E-state index in [1.54, 1.807) is 11.3 Å². The highest BCUT2D eigenvalue weighted by molar-refractivity contribution is 7.18. The SMILES string of the molecule is C=C(C#N)C(=O)CC[C@@H](NC(=O)[C@@H](CC(C)=O)Cc1nc2ccc(CC)cc2s1)C1CCCC1. The molecule has 3 rings (SSSR count). The maximum atomic E-state index is 13.4. The first-order valence-electron chi connectivity index (χ1n) is 12.1. The van der Waals surface area contributed by atoms with Gasteiger partial charge in [0.2, 0.25) is 5.91 Å². The average Bonchev–Trinajstić information content (AvgIpc) is 3.49. The molecule has 0 bridgehead atoms. The van der Waals surface area contributed by atoms with Crippen LogP contribution in [0.3, 0.4) is 0 Å². The van der Waals surface area contributed by atoms with E-state index in [2.05, 4.69) is 31.0 Å². The third kappa shape index (κ3) is 6.83. The van der Waals surface area contributed by atoms with Gasteiger partial charge in [0.1, 0.15) is 11.9 Å². The monoisotopic (exact) mass is 479 g/mol. The van der Waals surface area contributed by atoms with Gasteiger partial charge in [0.15, 0.2) is 5.78 Å². The molecule has 180 valence electrons. The second-order valence-corrected chi connectivity index (χ2v) is 10.4. The first kappa shape index (κ1) is 25.8. The van der Waals surface area contributed by atoms with E-state index >= 15 is 0 Å². The lowest BCUT2D eigenvalue weighted by atomic mass is 9.90. The van der Waals surface area contributed by atoms with Crippen molar-refractivity contribution in [2.24, 2.45) is 11.8 Å². The van der Waals surface area contributed by atoms with Gasteiger partial charge in [-0.15, -0.1) is 11.3 Å². The summed E-state index contributed by atoms with van der Waals surface area (Å²) in [5.41, 5.74) is 2.11. The Morgan fingerprint density at radius 1 is 1.29 bits per heavy atom. The largest absolute Gasteiger partial charge is 0.353 e. The number of nitriles is 1. The molecular formula is C27H33N3O3S. The molecule has 6 nitrogen and oxygen atoms in total. The molecule has 1 aliphatic rings. The first-order chi connectivity index (χ1) is 16.3. The highest BCUT2D eigenvalue weighted by Gasteiger charge is 2.30. The van der Waals surface area contributed by atoms with Crippen LogP contribution in [0.1, 0.15) is 69.4 Å². The number of allylic oxidation sites excluding steroid dienone is 1. The number of aromatic nitrogens is 1. The number of rotatable bonds is 12. The zero-order valence-electron chi connectivity index (χ0n) is 20.1. The van der Waals surface area contributed by atoms with Crippen molar-refractivity contribution in [1.82, 2.24) is 10.3 Å². The minimum absolute atomic E-state index is 0.0348. The van der Waals surface area contributed by atoms with E-state index in [0.717, 1.165) is 47.3 Å². The molecule has 1 saturated carbocycles. The van der Waals surface area contributed by atoms with Gasteiger partial charge in [-0.2, -0.15) is 5.26 Å². The molecule has 1 aromatic carbocycles. The van der Waals surface area contributed by atoms with Crippen LogP contribution in [-0.4, -0.2) is 28.5 Å². The second-order valence-electron chi connectivity index (χ2n) is 9.28. The van der Waals surface area contributed by atoms with Crippen molar-refractivity contribution in [3.63, 3.8) is 0 Å². The maximum Gasteiger partial charge on any atom is 0.224 e. The predicted molar refractivity (Wildman–Crippen MR) is 134 cm³/mol. The van der Waals surface area contributed by atoms with Crippen molar-refractivity contribution in [3.8, 4) is 6.07 Å². The third-order valence-corrected chi connectivity index (χ3v) is 7.72. The van der Waals surface area contributed by atoms with Crippen molar-refractivity contribution in [1.29, 1.82) is 5.26 Å². The van der Waals surface area contributed by atoms with Crippen LogP contribution in [0, 0.1) is 23.2 Å². The topological polar surface area (TPSA) is 99.9 Å². The summed E-state index contributed by atoms with van der Waals surface area (Å²) in [6, 6.07) is 7.88. The van der Waals surface area contributed by atoms with Crippen LogP contribution in [0.4, 0.5) is 0 Å². The smallest absolute Gasteiger partial charge is 0.224 e. The van der Waals surface area contributed by atoms with Crippen molar-refractivity contribution in [3.05, 3.63) is 40.9 Å². The predicted octanol–water partition coefficient (Wildman–Crippen LogP) is 5.10. The first-order valence-corrected chi connectivity index (χ1v) is 12.9. The maximum absolute atomic E-state index is 13.4. The van der Waals surface area contributed by atoms with Crippen LogP contribution in [0.25, 0.3) is 10.2 Å². The number of fused-ring (bicyclic) bond motifs is 1. The molecule has 1 aliphatic carbocycles. The zero-order valence-corrected chi connectivity index (χ0v) is 20.9. The molecule has 0 unspecified atom stereocenters. The van der Waals surface area contributed by atoms with E-state index in [-0.39, 0.29) is 41.9 Å². The number of ketones is 2. The summed E-state index contributed by atoms with van der Waals surface area (Å²) in [4.78, 5) is 42.2. The highest BCUT2D eigenvalue weighted by atomic mass is 32.1. The molecule has 1 fully saturated rings. The number of aryl methyl sites for hydroxylation is 1. The Kier molecular flexibility index (Phi) is 9.12. The molecule has 0 spiro atoms. The van der Waals surface area contributed by atoms with E-state index in [4.69, 9.17) is 10.2 Å². The summed E-state index contributed by atoms with van der Waals surface area (Å²) in [6.07, 6.45) is 6.41. The van der Waals surface area contributed by atoms with Crippen LogP contribution in [0.5, 0.6) is 0 Å². The molecule has 1 amide bonds. The van der Waals surface area contributed by atoms with Gasteiger partial charge in [-0.3, -0.25) is 9.59 Å². The summed E-state index contributed by atoms with van der Waals surface area (Å²) in [7, 11) is 0. The third-order valence-electron chi connectivity index (χ3n) is 6.68. The van der Waals surface area contributed by atoms with Crippen LogP contribution in [0.2, 0.25) is 0 Å². The fraction of sp³-hybridized carbons (Fsp3) is 0.519. The van der Waals surface area contributed by atoms with E-state index in [1.807, 2.05) is 12.1 Å². The minimum atomic E-state index is -0.502. The molecule has 1 heterocycles.